The normalized spacial score (nSPS) is 19.5. The van der Waals surface area contributed by atoms with E-state index in [1.807, 2.05) is 18.2 Å². The fraction of sp³-hybridized carbons (Fsp3) is 0.381. The molecule has 1 saturated heterocycles. The minimum absolute atomic E-state index is 0.0120. The zero-order valence-corrected chi connectivity index (χ0v) is 16.7. The van der Waals surface area contributed by atoms with Crippen LogP contribution in [-0.2, 0) is 21.2 Å². The minimum Gasteiger partial charge on any atom is -0.495 e. The third-order valence-electron chi connectivity index (χ3n) is 5.49. The molecule has 2 aromatic carbocycles. The summed E-state index contributed by atoms with van der Waals surface area (Å²) < 4.78 is 34.4. The van der Waals surface area contributed by atoms with E-state index in [1.165, 1.54) is 18.7 Å². The van der Waals surface area contributed by atoms with Crippen molar-refractivity contribution < 1.29 is 17.9 Å². The maximum absolute atomic E-state index is 13.1. The summed E-state index contributed by atoms with van der Waals surface area (Å²) in [7, 11) is -2.22. The maximum atomic E-state index is 13.1. The second-order valence-corrected chi connectivity index (χ2v) is 8.96. The number of carbonyl (C=O) groups is 1. The highest BCUT2D eigenvalue weighted by Crippen LogP contribution is 2.35. The minimum atomic E-state index is -3.74. The van der Waals surface area contributed by atoms with Gasteiger partial charge >= 0.3 is 0 Å². The van der Waals surface area contributed by atoms with Crippen LogP contribution in [0.5, 0.6) is 5.75 Å². The number of nitrogens with zero attached hydrogens (tertiary/aromatic N) is 1. The van der Waals surface area contributed by atoms with Crippen LogP contribution in [0.2, 0.25) is 0 Å². The Balaban J connectivity index is 1.66. The van der Waals surface area contributed by atoms with Gasteiger partial charge in [0.25, 0.3) is 0 Å². The maximum Gasteiger partial charge on any atom is 0.241 e. The first-order valence-corrected chi connectivity index (χ1v) is 11.1. The van der Waals surface area contributed by atoms with Crippen LogP contribution in [0.4, 0.5) is 5.69 Å². The van der Waals surface area contributed by atoms with Gasteiger partial charge in [-0.1, -0.05) is 24.3 Å². The van der Waals surface area contributed by atoms with Crippen LogP contribution >= 0.6 is 0 Å². The summed E-state index contributed by atoms with van der Waals surface area (Å²) in [5.41, 5.74) is 2.75. The summed E-state index contributed by atoms with van der Waals surface area (Å²) in [6, 6.07) is 12.4. The van der Waals surface area contributed by atoms with Gasteiger partial charge in [0.15, 0.2) is 0 Å². The van der Waals surface area contributed by atoms with E-state index in [0.29, 0.717) is 24.4 Å². The van der Waals surface area contributed by atoms with Gasteiger partial charge in [-0.3, -0.25) is 4.79 Å². The molecular weight excluding hydrogens is 376 g/mol. The van der Waals surface area contributed by atoms with Crippen molar-refractivity contribution in [2.24, 2.45) is 0 Å². The van der Waals surface area contributed by atoms with E-state index in [2.05, 4.69) is 10.8 Å². The molecule has 4 rings (SSSR count). The monoisotopic (exact) mass is 400 g/mol. The highest BCUT2D eigenvalue weighted by Gasteiger charge is 2.29. The lowest BCUT2D eigenvalue weighted by atomic mass is 9.88. The Morgan fingerprint density at radius 2 is 1.93 bits per heavy atom. The van der Waals surface area contributed by atoms with E-state index in [1.54, 1.807) is 17.0 Å². The van der Waals surface area contributed by atoms with Crippen LogP contribution < -0.4 is 14.4 Å². The molecule has 1 N–H and O–H groups in total. The number of sulfonamides is 1. The third-order valence-corrected chi connectivity index (χ3v) is 6.96. The van der Waals surface area contributed by atoms with Gasteiger partial charge in [-0.25, -0.2) is 13.1 Å². The smallest absolute Gasteiger partial charge is 0.241 e. The van der Waals surface area contributed by atoms with Crippen LogP contribution in [0.25, 0.3) is 0 Å². The van der Waals surface area contributed by atoms with Crippen LogP contribution in [-0.4, -0.2) is 28.0 Å². The average molecular weight is 401 g/mol. The molecule has 1 fully saturated rings. The van der Waals surface area contributed by atoms with Crippen molar-refractivity contribution >= 4 is 21.6 Å². The number of hydrogen-bond acceptors (Lipinski definition) is 4. The standard InChI is InChI=1S/C21H24N2O4S/c1-27-20-12-11-16(14-19(20)23-13-5-10-21(23)24)28(25,26)22-18-9-4-7-15-6-2-3-8-17(15)18/h2-3,6,8,11-12,14,18,22H,4-5,7,9-10,13H2,1H3/t18-/m1/s1. The van der Waals surface area contributed by atoms with Crippen molar-refractivity contribution in [3.05, 3.63) is 53.6 Å². The van der Waals surface area contributed by atoms with Crippen LogP contribution in [0.15, 0.2) is 47.4 Å². The van der Waals surface area contributed by atoms with E-state index in [4.69, 9.17) is 4.74 Å². The Bertz CT molecular complexity index is 1000. The zero-order chi connectivity index (χ0) is 19.7. The van der Waals surface area contributed by atoms with Gasteiger partial charge < -0.3 is 9.64 Å². The van der Waals surface area contributed by atoms with Crippen LogP contribution in [0.1, 0.15) is 42.9 Å². The topological polar surface area (TPSA) is 75.7 Å². The highest BCUT2D eigenvalue weighted by molar-refractivity contribution is 7.89. The Morgan fingerprint density at radius 1 is 1.11 bits per heavy atom. The summed E-state index contributed by atoms with van der Waals surface area (Å²) in [6.07, 6.45) is 3.91. The van der Waals surface area contributed by atoms with Gasteiger partial charge in [0.2, 0.25) is 15.9 Å². The fourth-order valence-corrected chi connectivity index (χ4v) is 5.35. The lowest BCUT2D eigenvalue weighted by Crippen LogP contribution is -2.31. The first kappa shape index (κ1) is 19.0. The number of anilines is 1. The molecule has 7 heteroatoms. The molecule has 2 aromatic rings. The lowest BCUT2D eigenvalue weighted by Gasteiger charge is -2.26. The molecule has 0 unspecified atom stereocenters. The summed E-state index contributed by atoms with van der Waals surface area (Å²) in [5.74, 6) is 0.485. The van der Waals surface area contributed by atoms with E-state index >= 15 is 0 Å². The largest absolute Gasteiger partial charge is 0.495 e. The second kappa shape index (κ2) is 7.56. The van der Waals surface area contributed by atoms with Gasteiger partial charge in [-0.2, -0.15) is 0 Å². The number of nitrogens with one attached hydrogen (secondary N) is 1. The van der Waals surface area contributed by atoms with Crippen molar-refractivity contribution in [3.8, 4) is 5.75 Å². The molecule has 1 aliphatic heterocycles. The molecule has 28 heavy (non-hydrogen) atoms. The van der Waals surface area contributed by atoms with Crippen LogP contribution in [0, 0.1) is 0 Å². The number of ether oxygens (including phenoxy) is 1. The first-order valence-electron chi connectivity index (χ1n) is 9.58. The molecule has 1 amide bonds. The molecular formula is C21H24N2O4S. The summed E-state index contributed by atoms with van der Waals surface area (Å²) in [5, 5.41) is 0. The van der Waals surface area contributed by atoms with Crippen molar-refractivity contribution in [3.63, 3.8) is 0 Å². The SMILES string of the molecule is COc1ccc(S(=O)(=O)N[C@@H]2CCCc3ccccc32)cc1N1CCCC1=O. The first-order chi connectivity index (χ1) is 13.5. The number of fused-ring (bicyclic) bond motifs is 1. The van der Waals surface area contributed by atoms with Crippen molar-refractivity contribution in [2.45, 2.75) is 43.0 Å². The highest BCUT2D eigenvalue weighted by atomic mass is 32.2. The van der Waals surface area contributed by atoms with Crippen molar-refractivity contribution in [1.29, 1.82) is 0 Å². The van der Waals surface area contributed by atoms with Crippen molar-refractivity contribution in [1.82, 2.24) is 4.72 Å². The summed E-state index contributed by atoms with van der Waals surface area (Å²) >= 11 is 0. The predicted octanol–water partition coefficient (Wildman–Crippen LogP) is 3.18. The molecule has 0 saturated carbocycles. The quantitative estimate of drug-likeness (QED) is 0.836. The van der Waals surface area contributed by atoms with Gasteiger partial charge in [-0.15, -0.1) is 0 Å². The van der Waals surface area contributed by atoms with E-state index in [9.17, 15) is 13.2 Å². The number of aryl methyl sites for hydroxylation is 1. The molecule has 0 bridgehead atoms. The second-order valence-electron chi connectivity index (χ2n) is 7.25. The molecule has 6 nitrogen and oxygen atoms in total. The Morgan fingerprint density at radius 3 is 2.68 bits per heavy atom. The molecule has 1 aliphatic carbocycles. The number of methoxy groups -OCH3 is 1. The number of hydrogen-bond donors (Lipinski definition) is 1. The molecule has 0 spiro atoms. The number of carbonyl (C=O) groups excluding carboxylic acids is 1. The zero-order valence-electron chi connectivity index (χ0n) is 15.8. The molecule has 0 aromatic heterocycles. The van der Waals surface area contributed by atoms with Gasteiger partial charge in [0.05, 0.1) is 17.7 Å². The third kappa shape index (κ3) is 3.52. The lowest BCUT2D eigenvalue weighted by molar-refractivity contribution is -0.117. The molecule has 0 radical (unpaired) electrons. The predicted molar refractivity (Wildman–Crippen MR) is 107 cm³/mol. The summed E-state index contributed by atoms with van der Waals surface area (Å²) in [4.78, 5) is 13.9. The Hall–Kier alpha value is -2.38. The molecule has 1 heterocycles. The number of benzene rings is 2. The molecule has 1 atom stereocenters. The van der Waals surface area contributed by atoms with E-state index in [-0.39, 0.29) is 16.8 Å². The number of amides is 1. The van der Waals surface area contributed by atoms with Gasteiger partial charge in [-0.05, 0) is 55.0 Å². The van der Waals surface area contributed by atoms with E-state index < -0.39 is 10.0 Å². The van der Waals surface area contributed by atoms with Crippen LogP contribution in [0.3, 0.4) is 0 Å². The molecule has 148 valence electrons. The van der Waals surface area contributed by atoms with Gasteiger partial charge in [0, 0.05) is 19.0 Å². The Labute approximate surface area is 165 Å². The fourth-order valence-electron chi connectivity index (χ4n) is 4.08. The molecule has 2 aliphatic rings. The van der Waals surface area contributed by atoms with Crippen molar-refractivity contribution in [2.75, 3.05) is 18.6 Å². The van der Waals surface area contributed by atoms with E-state index in [0.717, 1.165) is 31.2 Å². The Kier molecular flexibility index (Phi) is 5.12. The summed E-state index contributed by atoms with van der Waals surface area (Å²) in [6.45, 7) is 0.572. The van der Waals surface area contributed by atoms with Gasteiger partial charge in [0.1, 0.15) is 5.75 Å². The average Bonchev–Trinajstić information content (AvgIpc) is 3.13. The number of rotatable bonds is 5.